The molecule has 0 saturated carbocycles. The molecule has 6 heteroatoms. The van der Waals surface area contributed by atoms with Gasteiger partial charge >= 0.3 is 0 Å². The van der Waals surface area contributed by atoms with E-state index in [2.05, 4.69) is 116 Å². The number of thiophene rings is 2. The Labute approximate surface area is 252 Å². The Morgan fingerprint density at radius 2 is 1.05 bits per heavy atom. The van der Waals surface area contributed by atoms with Crippen molar-refractivity contribution < 1.29 is 0 Å². The van der Waals surface area contributed by atoms with Gasteiger partial charge in [-0.05, 0) is 117 Å². The van der Waals surface area contributed by atoms with Crippen LogP contribution < -0.4 is 0 Å². The monoisotopic (exact) mass is 672 g/mol. The predicted octanol–water partition coefficient (Wildman–Crippen LogP) is 12.2. The Morgan fingerprint density at radius 1 is 0.605 bits per heavy atom. The fourth-order valence-electron chi connectivity index (χ4n) is 4.60. The third-order valence-corrected chi connectivity index (χ3v) is 10.2. The number of nitrogens with one attached hydrogen (secondary N) is 2. The van der Waals surface area contributed by atoms with Crippen molar-refractivity contribution in [1.29, 1.82) is 0 Å². The summed E-state index contributed by atoms with van der Waals surface area (Å²) < 4.78 is 2.29. The van der Waals surface area contributed by atoms with Crippen molar-refractivity contribution >= 4 is 78.8 Å². The number of aromatic nitrogens is 2. The second-order valence-corrected chi connectivity index (χ2v) is 14.7. The van der Waals surface area contributed by atoms with E-state index in [1.807, 2.05) is 0 Å². The summed E-state index contributed by atoms with van der Waals surface area (Å²) in [6, 6.07) is 13.3. The van der Waals surface area contributed by atoms with Gasteiger partial charge in [-0.1, -0.05) is 64.5 Å². The zero-order valence-electron chi connectivity index (χ0n) is 22.4. The minimum Gasteiger partial charge on any atom is -0.359 e. The highest BCUT2D eigenvalue weighted by molar-refractivity contribution is 9.11. The van der Waals surface area contributed by atoms with E-state index in [0.29, 0.717) is 0 Å². The molecular weight excluding hydrogens is 636 g/mol. The van der Waals surface area contributed by atoms with Gasteiger partial charge in [0, 0.05) is 22.8 Å². The molecule has 4 aromatic heterocycles. The van der Waals surface area contributed by atoms with Gasteiger partial charge in [-0.2, -0.15) is 0 Å². The van der Waals surface area contributed by atoms with E-state index in [4.69, 9.17) is 0 Å². The van der Waals surface area contributed by atoms with E-state index in [9.17, 15) is 0 Å². The van der Waals surface area contributed by atoms with Crippen molar-refractivity contribution in [3.05, 3.63) is 77.9 Å². The zero-order chi connectivity index (χ0) is 26.7. The van der Waals surface area contributed by atoms with Gasteiger partial charge in [0.2, 0.25) is 0 Å². The molecule has 0 atom stereocenters. The summed E-state index contributed by atoms with van der Waals surface area (Å²) in [6.07, 6.45) is 21.5. The smallest absolute Gasteiger partial charge is 0.0711 e. The molecule has 0 aromatic carbocycles. The molecular formula is C32H38Br2N2S2. The Morgan fingerprint density at radius 3 is 1.47 bits per heavy atom. The average molecular weight is 675 g/mol. The van der Waals surface area contributed by atoms with Crippen LogP contribution in [-0.2, 0) is 12.8 Å². The summed E-state index contributed by atoms with van der Waals surface area (Å²) in [7, 11) is 0. The van der Waals surface area contributed by atoms with E-state index < -0.39 is 0 Å². The number of hydrogen-bond acceptors (Lipinski definition) is 2. The molecule has 0 amide bonds. The third kappa shape index (κ3) is 8.70. The molecule has 0 bridgehead atoms. The van der Waals surface area contributed by atoms with E-state index in [-0.39, 0.29) is 0 Å². The normalized spacial score (nSPS) is 12.0. The Hall–Kier alpha value is -1.60. The minimum atomic E-state index is 1.13. The highest BCUT2D eigenvalue weighted by Gasteiger charge is 2.15. The number of rotatable bonds is 15. The van der Waals surface area contributed by atoms with Gasteiger partial charge in [-0.3, -0.25) is 0 Å². The zero-order valence-corrected chi connectivity index (χ0v) is 27.2. The lowest BCUT2D eigenvalue weighted by Gasteiger charge is -2.00. The Bertz CT molecular complexity index is 1230. The fourth-order valence-corrected chi connectivity index (χ4v) is 7.98. The first-order chi connectivity index (χ1) is 18.6. The van der Waals surface area contributed by atoms with Crippen LogP contribution in [0.25, 0.3) is 34.1 Å². The molecule has 0 fully saturated rings. The predicted molar refractivity (Wildman–Crippen MR) is 178 cm³/mol. The van der Waals surface area contributed by atoms with Crippen molar-refractivity contribution in [3.8, 4) is 9.75 Å². The maximum atomic E-state index is 3.74. The fraction of sp³-hybridized carbons (Fsp3) is 0.375. The lowest BCUT2D eigenvalue weighted by Crippen LogP contribution is -1.86. The van der Waals surface area contributed by atoms with Gasteiger partial charge in [0.15, 0.2) is 0 Å². The van der Waals surface area contributed by atoms with Gasteiger partial charge in [0.05, 0.1) is 17.3 Å². The van der Waals surface area contributed by atoms with Crippen LogP contribution in [0.2, 0.25) is 0 Å². The Balaban J connectivity index is 1.46. The summed E-state index contributed by atoms with van der Waals surface area (Å²) in [6.45, 7) is 4.52. The molecule has 0 aliphatic heterocycles. The van der Waals surface area contributed by atoms with Gasteiger partial charge in [0.25, 0.3) is 0 Å². The van der Waals surface area contributed by atoms with Gasteiger partial charge in [-0.25, -0.2) is 0 Å². The van der Waals surface area contributed by atoms with E-state index >= 15 is 0 Å². The van der Waals surface area contributed by atoms with Gasteiger partial charge in [0.1, 0.15) is 0 Å². The molecule has 4 aromatic rings. The number of aryl methyl sites for hydroxylation is 2. The SMILES string of the molecule is CCCCCCc1ccc(C=Cc2cc(Br)sc2-c2sc(Br)cc2C=Cc2ccc(CCCCCC)[nH]2)[nH]1. The van der Waals surface area contributed by atoms with Crippen molar-refractivity contribution in [2.24, 2.45) is 0 Å². The first kappa shape index (κ1) is 29.4. The average Bonchev–Trinajstić information content (AvgIpc) is 3.69. The highest BCUT2D eigenvalue weighted by atomic mass is 79.9. The topological polar surface area (TPSA) is 31.6 Å². The van der Waals surface area contributed by atoms with Crippen LogP contribution >= 0.6 is 54.5 Å². The Kier molecular flexibility index (Phi) is 11.8. The maximum Gasteiger partial charge on any atom is 0.0711 e. The first-order valence-electron chi connectivity index (χ1n) is 13.9. The minimum absolute atomic E-state index is 1.13. The number of unbranched alkanes of at least 4 members (excludes halogenated alkanes) is 6. The molecule has 2 N–H and O–H groups in total. The molecule has 202 valence electrons. The van der Waals surface area contributed by atoms with Crippen LogP contribution in [0.1, 0.15) is 99.1 Å². The van der Waals surface area contributed by atoms with Crippen LogP contribution in [-0.4, -0.2) is 9.97 Å². The summed E-state index contributed by atoms with van der Waals surface area (Å²) in [5.74, 6) is 0. The maximum absolute atomic E-state index is 3.74. The lowest BCUT2D eigenvalue weighted by atomic mass is 10.1. The van der Waals surface area contributed by atoms with Gasteiger partial charge in [-0.15, -0.1) is 22.7 Å². The lowest BCUT2D eigenvalue weighted by molar-refractivity contribution is 0.662. The van der Waals surface area contributed by atoms with E-state index in [0.717, 1.165) is 31.8 Å². The second kappa shape index (κ2) is 15.3. The van der Waals surface area contributed by atoms with Crippen LogP contribution in [0.5, 0.6) is 0 Å². The molecule has 0 radical (unpaired) electrons. The van der Waals surface area contributed by atoms with E-state index in [1.165, 1.54) is 83.6 Å². The molecule has 2 nitrogen and oxygen atoms in total. The quantitative estimate of drug-likeness (QED) is 0.118. The molecule has 38 heavy (non-hydrogen) atoms. The molecule has 0 aliphatic carbocycles. The number of hydrogen-bond donors (Lipinski definition) is 2. The molecule has 4 rings (SSSR count). The summed E-state index contributed by atoms with van der Waals surface area (Å²) in [5, 5.41) is 0. The van der Waals surface area contributed by atoms with Crippen molar-refractivity contribution in [2.45, 2.75) is 78.1 Å². The van der Waals surface area contributed by atoms with Crippen LogP contribution in [0.4, 0.5) is 0 Å². The standard InChI is InChI=1S/C32H38Br2N2S2/c1-3-5-7-9-11-25-17-19-27(35-25)15-13-23-21-29(33)37-31(23)32-24(22-30(34)38-32)14-16-28-20-18-26(36-28)12-10-8-6-4-2/h13-22,35-36H,3-12H2,1-2H3. The van der Waals surface area contributed by atoms with Crippen LogP contribution in [0.3, 0.4) is 0 Å². The number of aromatic amines is 2. The molecule has 0 saturated heterocycles. The molecule has 0 unspecified atom stereocenters. The molecule has 0 spiro atoms. The summed E-state index contributed by atoms with van der Waals surface area (Å²) >= 11 is 11.1. The third-order valence-electron chi connectivity index (χ3n) is 6.69. The van der Waals surface area contributed by atoms with E-state index in [1.54, 1.807) is 22.7 Å². The largest absolute Gasteiger partial charge is 0.359 e. The van der Waals surface area contributed by atoms with Crippen molar-refractivity contribution in [1.82, 2.24) is 9.97 Å². The van der Waals surface area contributed by atoms with Gasteiger partial charge < -0.3 is 9.97 Å². The number of H-pyrrole nitrogens is 2. The number of halogens is 2. The van der Waals surface area contributed by atoms with Crippen molar-refractivity contribution in [3.63, 3.8) is 0 Å². The van der Waals surface area contributed by atoms with Crippen molar-refractivity contribution in [2.75, 3.05) is 0 Å². The first-order valence-corrected chi connectivity index (χ1v) is 17.1. The molecule has 4 heterocycles. The van der Waals surface area contributed by atoms with Crippen LogP contribution in [0.15, 0.2) is 44.0 Å². The summed E-state index contributed by atoms with van der Waals surface area (Å²) in [5.41, 5.74) is 7.45. The second-order valence-electron chi connectivity index (χ2n) is 9.84. The van der Waals surface area contributed by atoms with Crippen LogP contribution in [0, 0.1) is 0 Å². The summed E-state index contributed by atoms with van der Waals surface area (Å²) in [4.78, 5) is 9.75. The highest BCUT2D eigenvalue weighted by Crippen LogP contribution is 2.44. The molecule has 0 aliphatic rings.